The molecule has 0 nitrogen and oxygen atoms in total. The Labute approximate surface area is 62.4 Å². The molecular formula is Ag2FI. The summed E-state index contributed by atoms with van der Waals surface area (Å²) in [6, 6.07) is 0. The Morgan fingerprint density at radius 1 is 1.25 bits per heavy atom. The van der Waals surface area contributed by atoms with Crippen LogP contribution < -0.4 is 4.70 Å². The molecule has 0 unspecified atom stereocenters. The van der Waals surface area contributed by atoms with Crippen LogP contribution in [0.5, 0.6) is 0 Å². The molecule has 0 amide bonds. The van der Waals surface area contributed by atoms with Crippen molar-refractivity contribution in [3.8, 4) is 0 Å². The fourth-order valence-corrected chi connectivity index (χ4v) is 0. The first-order chi connectivity index (χ1) is 1.00. The molecule has 0 spiro atoms. The van der Waals surface area contributed by atoms with E-state index in [0.29, 0.717) is 0 Å². The van der Waals surface area contributed by atoms with E-state index in [1.165, 1.54) is 0 Å². The minimum absolute atomic E-state index is 0. The zero-order chi connectivity index (χ0) is 2.00. The van der Waals surface area contributed by atoms with Gasteiger partial charge in [-0.1, -0.05) is 0 Å². The second-order valence-corrected chi connectivity index (χ2v) is 0. The van der Waals surface area contributed by atoms with Gasteiger partial charge in [0.2, 0.25) is 0 Å². The van der Waals surface area contributed by atoms with Crippen molar-refractivity contribution in [2.45, 2.75) is 0 Å². The Kier molecular flexibility index (Phi) is 79.1. The maximum atomic E-state index is 2.92. The largest absolute Gasteiger partial charge is 1.00 e. The van der Waals surface area contributed by atoms with Gasteiger partial charge >= 0.3 is 58.7 Å². The summed E-state index contributed by atoms with van der Waals surface area (Å²) in [5, 5.41) is 0. The summed E-state index contributed by atoms with van der Waals surface area (Å²) in [4.78, 5) is 0. The van der Waals surface area contributed by atoms with Crippen LogP contribution in [0.2, 0.25) is 0 Å². The van der Waals surface area contributed by atoms with E-state index >= 15 is 0 Å². The van der Waals surface area contributed by atoms with Crippen molar-refractivity contribution in [1.29, 1.82) is 0 Å². The summed E-state index contributed by atoms with van der Waals surface area (Å²) in [5.74, 6) is 0. The van der Waals surface area contributed by atoms with Gasteiger partial charge in [0.1, 0.15) is 0 Å². The average Bonchev–Trinajstić information content (AvgIpc) is 1.00. The molecule has 0 radical (unpaired) electrons. The topological polar surface area (TPSA) is 0 Å². The molecule has 0 bridgehead atoms. The second kappa shape index (κ2) is 19.2. The zero-order valence-electron chi connectivity index (χ0n) is 1.36. The Hall–Kier alpha value is 2.14. The standard InChI is InChI=1S/2Ag.FH.HI/h;;2*1H/q2*+1;;/p-2. The van der Waals surface area contributed by atoms with Crippen molar-refractivity contribution in [3.05, 3.63) is 0 Å². The predicted octanol–water partition coefficient (Wildman–Crippen LogP) is -2.12. The Bertz CT molecular complexity index is 6.00. The van der Waals surface area contributed by atoms with E-state index < -0.39 is 0 Å². The van der Waals surface area contributed by atoms with Gasteiger partial charge in [0, 0.05) is 0 Å². The predicted molar refractivity (Wildman–Crippen MR) is 14.0 cm³/mol. The van der Waals surface area contributed by atoms with E-state index in [9.17, 15) is 0 Å². The smallest absolute Gasteiger partial charge is 1.00 e. The van der Waals surface area contributed by atoms with Crippen molar-refractivity contribution >= 4 is 19.0 Å². The molecule has 0 aromatic heterocycles. The van der Waals surface area contributed by atoms with E-state index in [1.54, 1.807) is 0 Å². The fourth-order valence-electron chi connectivity index (χ4n) is 0. The summed E-state index contributed by atoms with van der Waals surface area (Å²) in [6.07, 6.45) is 0. The molecule has 0 atom stereocenters. The molecule has 0 N–H and O–H groups in total. The molecule has 4 heteroatoms. The molecule has 0 heterocycles. The van der Waals surface area contributed by atoms with E-state index in [4.69, 9.17) is 0 Å². The van der Waals surface area contributed by atoms with Crippen molar-refractivity contribution in [3.63, 3.8) is 0 Å². The molecule has 0 saturated heterocycles. The van der Waals surface area contributed by atoms with Crippen LogP contribution in [0, 0.1) is 0 Å². The van der Waals surface area contributed by atoms with Crippen LogP contribution in [-0.2, 0) is 39.6 Å². The van der Waals surface area contributed by atoms with E-state index in [2.05, 4.69) is 17.3 Å². The molecular weight excluding hydrogens is 362 g/mol. The Morgan fingerprint density at radius 3 is 1.25 bits per heavy atom. The van der Waals surface area contributed by atoms with Gasteiger partial charge in [0.25, 0.3) is 0 Å². The number of halogens is 2. The summed E-state index contributed by atoms with van der Waals surface area (Å²) < 4.78 is 0. The second-order valence-electron chi connectivity index (χ2n) is 0. The fraction of sp³-hybridized carbons (Fsp3) is 0. The van der Waals surface area contributed by atoms with Crippen LogP contribution in [0.25, 0.3) is 0 Å². The summed E-state index contributed by atoms with van der Waals surface area (Å²) in [5.41, 5.74) is 0. The molecule has 36 valence electrons. The zero-order valence-corrected chi connectivity index (χ0v) is 6.48. The Balaban J connectivity index is -0.00000000500. The van der Waals surface area contributed by atoms with E-state index in [-0.39, 0.29) is 27.1 Å². The van der Waals surface area contributed by atoms with Crippen LogP contribution in [-0.4, -0.2) is 0 Å². The minimum atomic E-state index is 0. The van der Waals surface area contributed by atoms with Crippen LogP contribution in [0.15, 0.2) is 0 Å². The quantitative estimate of drug-likeness (QED) is 0.342. The van der Waals surface area contributed by atoms with Crippen LogP contribution in [0.1, 0.15) is 0 Å². The van der Waals surface area contributed by atoms with Crippen LogP contribution in [0.3, 0.4) is 0 Å². The normalized spacial score (nSPS) is 1.75. The molecule has 0 fully saturated rings. The SMILES string of the molecule is [Ag+].[Ag][I].[F-]. The Morgan fingerprint density at radius 2 is 1.25 bits per heavy atom. The van der Waals surface area contributed by atoms with Crippen molar-refractivity contribution in [1.82, 2.24) is 0 Å². The first kappa shape index (κ1) is 16.5. The number of hydrogen-bond donors (Lipinski definition) is 0. The van der Waals surface area contributed by atoms with Gasteiger partial charge in [-0.05, 0) is 0 Å². The summed E-state index contributed by atoms with van der Waals surface area (Å²) in [6.45, 7) is 0. The van der Waals surface area contributed by atoms with E-state index in [0.717, 1.165) is 0 Å². The molecule has 0 aliphatic rings. The van der Waals surface area contributed by atoms with Gasteiger partial charge < -0.3 is 4.70 Å². The molecule has 0 saturated carbocycles. The third-order valence-electron chi connectivity index (χ3n) is 0. The van der Waals surface area contributed by atoms with E-state index in [1.807, 2.05) is 19.0 Å². The first-order valence-electron chi connectivity index (χ1n) is 0.114. The van der Waals surface area contributed by atoms with Gasteiger partial charge in [-0.3, -0.25) is 0 Å². The van der Waals surface area contributed by atoms with Gasteiger partial charge in [-0.25, -0.2) is 0 Å². The summed E-state index contributed by atoms with van der Waals surface area (Å²) in [7, 11) is 0. The molecule has 0 rings (SSSR count). The number of hydrogen-bond acceptors (Lipinski definition) is 0. The molecule has 4 heavy (non-hydrogen) atoms. The van der Waals surface area contributed by atoms with Crippen LogP contribution in [0.4, 0.5) is 0 Å². The van der Waals surface area contributed by atoms with Gasteiger partial charge in [-0.2, -0.15) is 0 Å². The maximum Gasteiger partial charge on any atom is -1.00 e. The first-order valence-corrected chi connectivity index (χ1v) is 4.52. The molecule has 0 aliphatic carbocycles. The summed E-state index contributed by atoms with van der Waals surface area (Å²) >= 11 is 4.88. The van der Waals surface area contributed by atoms with Gasteiger partial charge in [0.05, 0.1) is 0 Å². The molecule has 0 aromatic rings. The minimum Gasteiger partial charge on any atom is -1.00 e. The molecule has 0 aliphatic heterocycles. The number of rotatable bonds is 0. The van der Waals surface area contributed by atoms with Gasteiger partial charge in [-0.15, -0.1) is 0 Å². The third kappa shape index (κ3) is 8.91. The van der Waals surface area contributed by atoms with Crippen LogP contribution >= 0.6 is 19.0 Å². The van der Waals surface area contributed by atoms with Crippen molar-refractivity contribution < 1.29 is 44.3 Å². The average molecular weight is 362 g/mol. The maximum absolute atomic E-state index is 2.92. The van der Waals surface area contributed by atoms with Crippen molar-refractivity contribution in [2.24, 2.45) is 0 Å². The molecule has 0 aromatic carbocycles. The van der Waals surface area contributed by atoms with Crippen molar-refractivity contribution in [2.75, 3.05) is 0 Å². The third-order valence-corrected chi connectivity index (χ3v) is 0. The monoisotopic (exact) mass is 360 g/mol. The van der Waals surface area contributed by atoms with Gasteiger partial charge in [0.15, 0.2) is 0 Å².